The summed E-state index contributed by atoms with van der Waals surface area (Å²) >= 11 is 0. The Morgan fingerprint density at radius 2 is 0.932 bits per heavy atom. The second kappa shape index (κ2) is 15.8. The van der Waals surface area contributed by atoms with E-state index in [0.717, 1.165) is 29.7 Å². The molecule has 0 aliphatic heterocycles. The van der Waals surface area contributed by atoms with Crippen LogP contribution in [-0.4, -0.2) is 123 Å². The van der Waals surface area contributed by atoms with Crippen molar-refractivity contribution in [1.82, 2.24) is 20.4 Å². The molecule has 0 radical (unpaired) electrons. The molecule has 20 nitrogen and oxygen atoms in total. The van der Waals surface area contributed by atoms with Crippen molar-refractivity contribution in [2.45, 2.75) is 24.6 Å². The topological polar surface area (TPSA) is 329 Å². The van der Waals surface area contributed by atoms with Gasteiger partial charge in [-0.25, -0.2) is 0 Å². The van der Waals surface area contributed by atoms with E-state index in [1.165, 1.54) is 18.2 Å². The molecule has 0 bridgehead atoms. The molecule has 0 saturated carbocycles. The summed E-state index contributed by atoms with van der Waals surface area (Å²) in [5, 5.41) is -0.154. The summed E-state index contributed by atoms with van der Waals surface area (Å²) in [6.45, 7) is -1.38. The van der Waals surface area contributed by atoms with Crippen LogP contribution in [0.2, 0.25) is 0 Å². The lowest BCUT2D eigenvalue weighted by Crippen LogP contribution is -2.41. The first-order valence-corrected chi connectivity index (χ1v) is 19.0. The SMILES string of the molecule is CC(=O)N(CCNC(=O)c1cccc(C(=O)NCCN(CC(P(=O)(O)O)P(=O)(O)O)C(C)=O)c1)CC(P(=O)(O)O)P(=O)(O)O. The highest BCUT2D eigenvalue weighted by atomic mass is 31.2. The Hall–Kier alpha value is -2.30. The second-order valence-corrected chi connectivity index (χ2v) is 17.4. The monoisotopic (exact) mass is 710 g/mol. The van der Waals surface area contributed by atoms with Crippen LogP contribution in [0.4, 0.5) is 0 Å². The molecule has 0 spiro atoms. The van der Waals surface area contributed by atoms with Crippen LogP contribution >= 0.6 is 30.4 Å². The number of nitrogens with zero attached hydrogens (tertiary/aromatic N) is 2. The third-order valence-corrected chi connectivity index (χ3v) is 13.3. The van der Waals surface area contributed by atoms with Crippen molar-refractivity contribution in [3.8, 4) is 0 Å². The normalized spacial score (nSPS) is 12.6. The van der Waals surface area contributed by atoms with E-state index in [9.17, 15) is 76.6 Å². The van der Waals surface area contributed by atoms with Crippen LogP contribution in [0.5, 0.6) is 0 Å². The smallest absolute Gasteiger partial charge is 0.342 e. The highest BCUT2D eigenvalue weighted by Crippen LogP contribution is 2.60. The van der Waals surface area contributed by atoms with Gasteiger partial charge in [0.25, 0.3) is 11.8 Å². The van der Waals surface area contributed by atoms with E-state index in [1.54, 1.807) is 0 Å². The van der Waals surface area contributed by atoms with E-state index < -0.39 is 77.9 Å². The van der Waals surface area contributed by atoms with Gasteiger partial charge in [-0.05, 0) is 18.2 Å². The molecule has 0 aliphatic carbocycles. The fourth-order valence-corrected chi connectivity index (χ4v) is 8.36. The third-order valence-electron chi connectivity index (χ3n) is 5.93. The molecule has 24 heteroatoms. The van der Waals surface area contributed by atoms with Gasteiger partial charge in [0, 0.05) is 64.2 Å². The summed E-state index contributed by atoms with van der Waals surface area (Å²) in [4.78, 5) is 125. The number of nitrogens with one attached hydrogen (secondary N) is 2. The molecule has 0 atom stereocenters. The molecule has 0 fully saturated rings. The maximum Gasteiger partial charge on any atom is 0.342 e. The highest BCUT2D eigenvalue weighted by molar-refractivity contribution is 7.71. The van der Waals surface area contributed by atoms with Gasteiger partial charge < -0.3 is 59.6 Å². The van der Waals surface area contributed by atoms with Crippen molar-refractivity contribution in [2.75, 3.05) is 39.3 Å². The molecule has 0 unspecified atom stereocenters. The van der Waals surface area contributed by atoms with Gasteiger partial charge in [0.1, 0.15) is 0 Å². The Kier molecular flexibility index (Phi) is 14.3. The molecule has 4 amide bonds. The third kappa shape index (κ3) is 13.0. The Balaban J connectivity index is 2.84. The number of hydrogen-bond acceptors (Lipinski definition) is 8. The van der Waals surface area contributed by atoms with Gasteiger partial charge in [-0.1, -0.05) is 6.07 Å². The van der Waals surface area contributed by atoms with Gasteiger partial charge >= 0.3 is 30.4 Å². The maximum absolute atomic E-state index is 12.6. The average molecular weight is 710 g/mol. The Bertz CT molecular complexity index is 1270. The van der Waals surface area contributed by atoms with Crippen molar-refractivity contribution in [3.63, 3.8) is 0 Å². The molecule has 0 saturated heterocycles. The largest absolute Gasteiger partial charge is 0.350 e. The summed E-state index contributed by atoms with van der Waals surface area (Å²) in [5.41, 5.74) is -0.0985. The van der Waals surface area contributed by atoms with E-state index in [0.29, 0.717) is 0 Å². The molecule has 1 rings (SSSR count). The Morgan fingerprint density at radius 1 is 0.636 bits per heavy atom. The van der Waals surface area contributed by atoms with E-state index in [-0.39, 0.29) is 37.3 Å². The standard InChI is InChI=1S/C20H34N4O16P4/c1-13(25)23(11-17(41(29,30)31)42(32,33)34)8-6-21-19(27)15-4-3-5-16(10-15)20(28)22-7-9-24(14(2)26)12-18(43(35,36)37)44(38,39)40/h3-5,10,17-18H,6-9,11-12H2,1-2H3,(H,21,27)(H,22,28)(H2,29,30,31)(H2,32,33,34)(H2,35,36,37)(H2,38,39,40). The maximum atomic E-state index is 12.6. The molecule has 0 heterocycles. The molecule has 0 aromatic heterocycles. The summed E-state index contributed by atoms with van der Waals surface area (Å²) in [6, 6.07) is 5.12. The van der Waals surface area contributed by atoms with Gasteiger partial charge in [0.2, 0.25) is 11.8 Å². The molecule has 1 aromatic carbocycles. The minimum atomic E-state index is -5.31. The van der Waals surface area contributed by atoms with Crippen LogP contribution in [0.25, 0.3) is 0 Å². The molecule has 1 aromatic rings. The molecule has 250 valence electrons. The van der Waals surface area contributed by atoms with Gasteiger partial charge in [-0.3, -0.25) is 37.4 Å². The minimum Gasteiger partial charge on any atom is -0.350 e. The number of carbonyl (C=O) groups excluding carboxylic acids is 4. The summed E-state index contributed by atoms with van der Waals surface area (Å²) in [6.07, 6.45) is 0. The zero-order valence-corrected chi connectivity index (χ0v) is 26.8. The number of carbonyl (C=O) groups is 4. The number of amides is 4. The first kappa shape index (κ1) is 39.7. The van der Waals surface area contributed by atoms with Crippen LogP contribution in [0, 0.1) is 0 Å². The van der Waals surface area contributed by atoms with Gasteiger partial charge in [-0.2, -0.15) is 0 Å². The van der Waals surface area contributed by atoms with Crippen molar-refractivity contribution in [1.29, 1.82) is 0 Å². The first-order valence-electron chi connectivity index (χ1n) is 12.2. The van der Waals surface area contributed by atoms with Crippen LogP contribution in [0.1, 0.15) is 34.6 Å². The van der Waals surface area contributed by atoms with Gasteiger partial charge in [0.15, 0.2) is 10.8 Å². The fraction of sp³-hybridized carbons (Fsp3) is 0.500. The average Bonchev–Trinajstić information content (AvgIpc) is 2.84. The van der Waals surface area contributed by atoms with Crippen molar-refractivity contribution >= 4 is 54.0 Å². The zero-order valence-electron chi connectivity index (χ0n) is 23.2. The Morgan fingerprint density at radius 3 is 1.18 bits per heavy atom. The number of rotatable bonds is 16. The van der Waals surface area contributed by atoms with E-state index in [4.69, 9.17) is 0 Å². The lowest BCUT2D eigenvalue weighted by molar-refractivity contribution is -0.129. The zero-order chi connectivity index (χ0) is 34.3. The summed E-state index contributed by atoms with van der Waals surface area (Å²) in [7, 11) is -21.2. The molecule has 10 N–H and O–H groups in total. The van der Waals surface area contributed by atoms with Gasteiger partial charge in [0.05, 0.1) is 0 Å². The Labute approximate surface area is 250 Å². The molecule has 44 heavy (non-hydrogen) atoms. The molecule has 0 aliphatic rings. The van der Waals surface area contributed by atoms with Crippen LogP contribution in [-0.2, 0) is 27.8 Å². The van der Waals surface area contributed by atoms with Crippen LogP contribution in [0.15, 0.2) is 24.3 Å². The summed E-state index contributed by atoms with van der Waals surface area (Å²) < 4.78 is 46.1. The predicted molar refractivity (Wildman–Crippen MR) is 151 cm³/mol. The minimum absolute atomic E-state index is 0.0492. The predicted octanol–water partition coefficient (Wildman–Crippen LogP) is -1.79. The second-order valence-electron chi connectivity index (χ2n) is 9.34. The fourth-order valence-electron chi connectivity index (χ4n) is 3.58. The van der Waals surface area contributed by atoms with Gasteiger partial charge in [-0.15, -0.1) is 0 Å². The number of benzene rings is 1. The van der Waals surface area contributed by atoms with Crippen molar-refractivity contribution in [2.24, 2.45) is 0 Å². The summed E-state index contributed by atoms with van der Waals surface area (Å²) in [5.74, 6) is -3.08. The highest BCUT2D eigenvalue weighted by Gasteiger charge is 2.45. The first-order chi connectivity index (χ1) is 19.9. The van der Waals surface area contributed by atoms with Crippen molar-refractivity contribution in [3.05, 3.63) is 35.4 Å². The molecular formula is C20H34N4O16P4. The van der Waals surface area contributed by atoms with Crippen molar-refractivity contribution < 1.29 is 76.6 Å². The lowest BCUT2D eigenvalue weighted by Gasteiger charge is -2.27. The molecular weight excluding hydrogens is 676 g/mol. The van der Waals surface area contributed by atoms with Crippen LogP contribution in [0.3, 0.4) is 0 Å². The number of hydrogen-bond donors (Lipinski definition) is 10. The van der Waals surface area contributed by atoms with Crippen LogP contribution < -0.4 is 10.6 Å². The lowest BCUT2D eigenvalue weighted by atomic mass is 10.1. The van der Waals surface area contributed by atoms with E-state index >= 15 is 0 Å². The quantitative estimate of drug-likeness (QED) is 0.0847. The van der Waals surface area contributed by atoms with E-state index in [2.05, 4.69) is 10.6 Å². The van der Waals surface area contributed by atoms with E-state index in [1.807, 2.05) is 0 Å².